The number of benzene rings is 1. The van der Waals surface area contributed by atoms with E-state index < -0.39 is 0 Å². The van der Waals surface area contributed by atoms with E-state index in [1.165, 1.54) is 0 Å². The maximum Gasteiger partial charge on any atom is 0.253 e. The second-order valence-corrected chi connectivity index (χ2v) is 6.96. The molecule has 0 unspecified atom stereocenters. The number of nitrogens with one attached hydrogen (secondary N) is 3. The summed E-state index contributed by atoms with van der Waals surface area (Å²) < 4.78 is 0. The highest BCUT2D eigenvalue weighted by Crippen LogP contribution is 2.13. The van der Waals surface area contributed by atoms with Crippen molar-refractivity contribution >= 4 is 5.91 Å². The van der Waals surface area contributed by atoms with Crippen LogP contribution in [0.15, 0.2) is 49.1 Å². The van der Waals surface area contributed by atoms with Crippen LogP contribution in [0.2, 0.25) is 0 Å². The van der Waals surface area contributed by atoms with Gasteiger partial charge in [-0.3, -0.25) is 9.69 Å². The van der Waals surface area contributed by atoms with Crippen LogP contribution in [0.4, 0.5) is 0 Å². The zero-order valence-corrected chi connectivity index (χ0v) is 15.8. The van der Waals surface area contributed by atoms with Gasteiger partial charge in [0, 0.05) is 63.1 Å². The average Bonchev–Trinajstić information content (AvgIpc) is 3.43. The standard InChI is InChI=1S/C20H25N7O/c28-20(27-11-9-21-10-12-27)17-3-1-16(2-4-17)13-26(14-18-22-5-6-23-18)15-19-24-7-8-25-19/h1-8,21H,9-15H2,(H,22,23)(H,24,25). The fourth-order valence-electron chi connectivity index (χ4n) is 3.42. The first kappa shape index (κ1) is 18.4. The largest absolute Gasteiger partial charge is 0.348 e. The first-order chi connectivity index (χ1) is 13.8. The lowest BCUT2D eigenvalue weighted by Gasteiger charge is -2.27. The van der Waals surface area contributed by atoms with Gasteiger partial charge in [-0.15, -0.1) is 0 Å². The van der Waals surface area contributed by atoms with Crippen molar-refractivity contribution in [3.8, 4) is 0 Å². The van der Waals surface area contributed by atoms with Crippen molar-refractivity contribution in [3.63, 3.8) is 0 Å². The molecule has 3 aromatic rings. The van der Waals surface area contributed by atoms with Gasteiger partial charge in [-0.2, -0.15) is 0 Å². The summed E-state index contributed by atoms with van der Waals surface area (Å²) in [5.41, 5.74) is 1.89. The zero-order chi connectivity index (χ0) is 19.2. The smallest absolute Gasteiger partial charge is 0.253 e. The summed E-state index contributed by atoms with van der Waals surface area (Å²) in [5.74, 6) is 1.94. The molecule has 1 fully saturated rings. The molecule has 8 heteroatoms. The van der Waals surface area contributed by atoms with E-state index in [4.69, 9.17) is 0 Å². The third kappa shape index (κ3) is 4.65. The van der Waals surface area contributed by atoms with E-state index in [9.17, 15) is 4.79 Å². The lowest BCUT2D eigenvalue weighted by atomic mass is 10.1. The Morgan fingerprint density at radius 2 is 1.54 bits per heavy atom. The first-order valence-electron chi connectivity index (χ1n) is 9.56. The van der Waals surface area contributed by atoms with E-state index in [2.05, 4.69) is 30.2 Å². The first-order valence-corrected chi connectivity index (χ1v) is 9.56. The predicted octanol–water partition coefficient (Wildman–Crippen LogP) is 1.38. The van der Waals surface area contributed by atoms with Crippen LogP contribution in [0.5, 0.6) is 0 Å². The molecule has 1 aliphatic heterocycles. The van der Waals surface area contributed by atoms with E-state index in [0.29, 0.717) is 13.1 Å². The number of carbonyl (C=O) groups excluding carboxylic acids is 1. The molecule has 1 aromatic carbocycles. The molecule has 1 saturated heterocycles. The number of piperazine rings is 1. The van der Waals surface area contributed by atoms with E-state index in [1.54, 1.807) is 12.4 Å². The predicted molar refractivity (Wildman–Crippen MR) is 105 cm³/mol. The van der Waals surface area contributed by atoms with E-state index in [1.807, 2.05) is 41.6 Å². The number of amides is 1. The fourth-order valence-corrected chi connectivity index (χ4v) is 3.42. The molecule has 146 valence electrons. The Kier molecular flexibility index (Phi) is 5.79. The number of nitrogens with zero attached hydrogens (tertiary/aromatic N) is 4. The summed E-state index contributed by atoms with van der Waals surface area (Å²) in [4.78, 5) is 31.8. The summed E-state index contributed by atoms with van der Waals surface area (Å²) in [7, 11) is 0. The molecule has 3 heterocycles. The van der Waals surface area contributed by atoms with Gasteiger partial charge >= 0.3 is 0 Å². The van der Waals surface area contributed by atoms with Crippen LogP contribution in [0, 0.1) is 0 Å². The molecule has 8 nitrogen and oxygen atoms in total. The number of imidazole rings is 2. The number of rotatable bonds is 7. The van der Waals surface area contributed by atoms with E-state index >= 15 is 0 Å². The van der Waals surface area contributed by atoms with Crippen LogP contribution in [-0.2, 0) is 19.6 Å². The minimum absolute atomic E-state index is 0.107. The van der Waals surface area contributed by atoms with Gasteiger partial charge in [0.2, 0.25) is 0 Å². The van der Waals surface area contributed by atoms with Gasteiger partial charge in [-0.1, -0.05) is 12.1 Å². The Hall–Kier alpha value is -2.97. The molecule has 1 amide bonds. The molecule has 0 saturated carbocycles. The van der Waals surface area contributed by atoms with Crippen molar-refractivity contribution in [1.82, 2.24) is 35.1 Å². The summed E-state index contributed by atoms with van der Waals surface area (Å²) >= 11 is 0. The molecule has 0 atom stereocenters. The monoisotopic (exact) mass is 379 g/mol. The van der Waals surface area contributed by atoms with Crippen molar-refractivity contribution in [2.45, 2.75) is 19.6 Å². The molecule has 0 radical (unpaired) electrons. The Bertz CT molecular complexity index is 816. The van der Waals surface area contributed by atoms with Crippen molar-refractivity contribution in [2.24, 2.45) is 0 Å². The zero-order valence-electron chi connectivity index (χ0n) is 15.8. The third-order valence-electron chi connectivity index (χ3n) is 4.87. The summed E-state index contributed by atoms with van der Waals surface area (Å²) in [5, 5.41) is 3.27. The second kappa shape index (κ2) is 8.81. The van der Waals surface area contributed by atoms with Crippen LogP contribution < -0.4 is 5.32 Å². The van der Waals surface area contributed by atoms with Gasteiger partial charge in [-0.25, -0.2) is 9.97 Å². The third-order valence-corrected chi connectivity index (χ3v) is 4.87. The molecule has 0 bridgehead atoms. The molecule has 2 aromatic heterocycles. The lowest BCUT2D eigenvalue weighted by molar-refractivity contribution is 0.0736. The Morgan fingerprint density at radius 3 is 2.07 bits per heavy atom. The minimum Gasteiger partial charge on any atom is -0.348 e. The number of aromatic amines is 2. The second-order valence-electron chi connectivity index (χ2n) is 6.96. The number of hydrogen-bond acceptors (Lipinski definition) is 5. The van der Waals surface area contributed by atoms with Crippen LogP contribution in [0.25, 0.3) is 0 Å². The highest BCUT2D eigenvalue weighted by molar-refractivity contribution is 5.94. The van der Waals surface area contributed by atoms with Gasteiger partial charge in [0.05, 0.1) is 13.1 Å². The topological polar surface area (TPSA) is 92.9 Å². The molecule has 3 N–H and O–H groups in total. The van der Waals surface area contributed by atoms with Gasteiger partial charge < -0.3 is 20.2 Å². The van der Waals surface area contributed by atoms with Crippen LogP contribution in [0.1, 0.15) is 27.6 Å². The quantitative estimate of drug-likeness (QED) is 0.577. The van der Waals surface area contributed by atoms with Gasteiger partial charge in [0.25, 0.3) is 5.91 Å². The van der Waals surface area contributed by atoms with Crippen molar-refractivity contribution in [1.29, 1.82) is 0 Å². The van der Waals surface area contributed by atoms with E-state index in [-0.39, 0.29) is 5.91 Å². The Morgan fingerprint density at radius 1 is 0.929 bits per heavy atom. The molecule has 0 aliphatic carbocycles. The molecule has 28 heavy (non-hydrogen) atoms. The number of hydrogen-bond donors (Lipinski definition) is 3. The summed E-state index contributed by atoms with van der Waals surface area (Å²) in [6.07, 6.45) is 7.18. The molecular weight excluding hydrogens is 354 g/mol. The maximum atomic E-state index is 12.6. The fraction of sp³-hybridized carbons (Fsp3) is 0.350. The number of carbonyl (C=O) groups is 1. The summed E-state index contributed by atoms with van der Waals surface area (Å²) in [6, 6.07) is 7.93. The number of aromatic nitrogens is 4. The van der Waals surface area contributed by atoms with Gasteiger partial charge in [0.1, 0.15) is 11.6 Å². The Balaban J connectivity index is 1.43. The lowest BCUT2D eigenvalue weighted by Crippen LogP contribution is -2.46. The van der Waals surface area contributed by atoms with E-state index in [0.717, 1.165) is 55.5 Å². The molecular formula is C20H25N7O. The van der Waals surface area contributed by atoms with Crippen LogP contribution in [-0.4, -0.2) is 61.8 Å². The van der Waals surface area contributed by atoms with Crippen molar-refractivity contribution in [2.75, 3.05) is 26.2 Å². The SMILES string of the molecule is O=C(c1ccc(CN(Cc2ncc[nH]2)Cc2ncc[nH]2)cc1)N1CCNCC1. The number of H-pyrrole nitrogens is 2. The molecule has 1 aliphatic rings. The Labute approximate surface area is 164 Å². The van der Waals surface area contributed by atoms with Gasteiger partial charge in [0.15, 0.2) is 0 Å². The van der Waals surface area contributed by atoms with Crippen LogP contribution in [0.3, 0.4) is 0 Å². The average molecular weight is 379 g/mol. The van der Waals surface area contributed by atoms with Gasteiger partial charge in [-0.05, 0) is 17.7 Å². The maximum absolute atomic E-state index is 12.6. The summed E-state index contributed by atoms with van der Waals surface area (Å²) in [6.45, 7) is 5.37. The van der Waals surface area contributed by atoms with Crippen molar-refractivity contribution < 1.29 is 4.79 Å². The molecule has 0 spiro atoms. The minimum atomic E-state index is 0.107. The molecule has 4 rings (SSSR count). The highest BCUT2D eigenvalue weighted by Gasteiger charge is 2.18. The van der Waals surface area contributed by atoms with Crippen molar-refractivity contribution in [3.05, 3.63) is 71.8 Å². The highest BCUT2D eigenvalue weighted by atomic mass is 16.2. The van der Waals surface area contributed by atoms with Crippen LogP contribution >= 0.6 is 0 Å². The normalized spacial score (nSPS) is 14.5.